The number of ketones is 1. The molecule has 0 aliphatic rings. The third kappa shape index (κ3) is 3.74. The van der Waals surface area contributed by atoms with E-state index in [0.717, 1.165) is 10.6 Å². The van der Waals surface area contributed by atoms with Crippen LogP contribution in [0.15, 0.2) is 47.4 Å². The molecule has 0 atom stereocenters. The Labute approximate surface area is 134 Å². The van der Waals surface area contributed by atoms with Crippen LogP contribution >= 0.6 is 11.8 Å². The van der Waals surface area contributed by atoms with Crippen LogP contribution in [0.2, 0.25) is 0 Å². The van der Waals surface area contributed by atoms with E-state index in [2.05, 4.69) is 0 Å². The van der Waals surface area contributed by atoms with Crippen molar-refractivity contribution in [2.75, 3.05) is 27.1 Å². The maximum Gasteiger partial charge on any atom is 0.173 e. The molecule has 0 bridgehead atoms. The molecular weight excluding hydrogens is 300 g/mol. The number of methoxy groups -OCH3 is 3. The molecule has 0 amide bonds. The number of hydrogen-bond acceptors (Lipinski definition) is 5. The summed E-state index contributed by atoms with van der Waals surface area (Å²) in [5.41, 5.74) is 0.597. The lowest BCUT2D eigenvalue weighted by molar-refractivity contribution is 0.102. The van der Waals surface area contributed by atoms with Crippen molar-refractivity contribution in [3.05, 3.63) is 48.0 Å². The number of benzene rings is 2. The quantitative estimate of drug-likeness (QED) is 0.575. The van der Waals surface area contributed by atoms with E-state index in [1.54, 1.807) is 39.5 Å². The van der Waals surface area contributed by atoms with Gasteiger partial charge in [-0.25, -0.2) is 0 Å². The predicted molar refractivity (Wildman–Crippen MR) is 87.6 cm³/mol. The number of ether oxygens (including phenoxy) is 3. The van der Waals surface area contributed by atoms with Gasteiger partial charge in [0.1, 0.15) is 5.75 Å². The number of hydrogen-bond donors (Lipinski definition) is 0. The summed E-state index contributed by atoms with van der Waals surface area (Å²) < 4.78 is 15.7. The minimum absolute atomic E-state index is 0.0249. The van der Waals surface area contributed by atoms with Gasteiger partial charge in [-0.15, -0.1) is 11.8 Å². The molecular formula is C17H18O4S. The van der Waals surface area contributed by atoms with E-state index in [-0.39, 0.29) is 5.78 Å². The van der Waals surface area contributed by atoms with Crippen molar-refractivity contribution in [1.82, 2.24) is 0 Å². The Hall–Kier alpha value is -2.14. The van der Waals surface area contributed by atoms with E-state index >= 15 is 0 Å². The zero-order valence-electron chi connectivity index (χ0n) is 12.8. The Morgan fingerprint density at radius 3 is 2.27 bits per heavy atom. The van der Waals surface area contributed by atoms with Crippen molar-refractivity contribution in [3.8, 4) is 17.2 Å². The lowest BCUT2D eigenvalue weighted by Crippen LogP contribution is -2.03. The number of Topliss-reactive ketones (excluding diaryl/α,β-unsaturated/α-hetero) is 1. The Morgan fingerprint density at radius 1 is 0.909 bits per heavy atom. The van der Waals surface area contributed by atoms with Crippen LogP contribution < -0.4 is 14.2 Å². The third-order valence-corrected chi connectivity index (χ3v) is 4.19. The Morgan fingerprint density at radius 2 is 1.59 bits per heavy atom. The van der Waals surface area contributed by atoms with Crippen LogP contribution in [-0.4, -0.2) is 32.9 Å². The molecule has 0 unspecified atom stereocenters. The van der Waals surface area contributed by atoms with Crippen LogP contribution in [0.5, 0.6) is 17.2 Å². The highest BCUT2D eigenvalue weighted by molar-refractivity contribution is 8.00. The zero-order chi connectivity index (χ0) is 15.9. The average Bonchev–Trinajstić information content (AvgIpc) is 2.59. The Bertz CT molecular complexity index is 655. The number of carbonyl (C=O) groups excluding carboxylic acids is 1. The summed E-state index contributed by atoms with van der Waals surface area (Å²) in [5.74, 6) is 2.28. The molecule has 2 rings (SSSR count). The molecule has 0 radical (unpaired) electrons. The first-order valence-corrected chi connectivity index (χ1v) is 7.69. The highest BCUT2D eigenvalue weighted by Gasteiger charge is 2.12. The number of thioether (sulfide) groups is 1. The Balaban J connectivity index is 2.09. The molecule has 0 aliphatic carbocycles. The van der Waals surface area contributed by atoms with Crippen molar-refractivity contribution in [1.29, 1.82) is 0 Å². The van der Waals surface area contributed by atoms with Crippen molar-refractivity contribution >= 4 is 17.5 Å². The number of para-hydroxylation sites is 1. The molecule has 0 aliphatic heterocycles. The fourth-order valence-corrected chi connectivity index (χ4v) is 2.90. The standard InChI is InChI=1S/C17H18O4S/c1-19-14-9-8-12(10-16(14)21-3)13(18)11-22-17-7-5-4-6-15(17)20-2/h4-10H,11H2,1-3H3. The van der Waals surface area contributed by atoms with Crippen molar-refractivity contribution in [3.63, 3.8) is 0 Å². The van der Waals surface area contributed by atoms with Gasteiger partial charge in [-0.3, -0.25) is 4.79 Å². The van der Waals surface area contributed by atoms with Gasteiger partial charge in [0.15, 0.2) is 17.3 Å². The van der Waals surface area contributed by atoms with Gasteiger partial charge in [-0.05, 0) is 30.3 Å². The molecule has 0 fully saturated rings. The summed E-state index contributed by atoms with van der Waals surface area (Å²) in [6.07, 6.45) is 0. The van der Waals surface area contributed by atoms with Crippen molar-refractivity contribution in [2.24, 2.45) is 0 Å². The lowest BCUT2D eigenvalue weighted by atomic mass is 10.1. The molecule has 0 spiro atoms. The molecule has 0 N–H and O–H groups in total. The maximum atomic E-state index is 12.3. The zero-order valence-corrected chi connectivity index (χ0v) is 13.6. The van der Waals surface area contributed by atoms with Crippen LogP contribution in [0.3, 0.4) is 0 Å². The summed E-state index contributed by atoms with van der Waals surface area (Å²) in [5, 5.41) is 0. The second-order valence-corrected chi connectivity index (χ2v) is 5.45. The van der Waals surface area contributed by atoms with Crippen molar-refractivity contribution < 1.29 is 19.0 Å². The van der Waals surface area contributed by atoms with Crippen LogP contribution in [0.4, 0.5) is 0 Å². The first-order chi connectivity index (χ1) is 10.7. The first kappa shape index (κ1) is 16.2. The minimum Gasteiger partial charge on any atom is -0.496 e. The maximum absolute atomic E-state index is 12.3. The SMILES string of the molecule is COc1ccc(C(=O)CSc2ccccc2OC)cc1OC. The summed E-state index contributed by atoms with van der Waals surface area (Å²) in [6, 6.07) is 12.8. The third-order valence-electron chi connectivity index (χ3n) is 3.13. The van der Waals surface area contributed by atoms with Gasteiger partial charge >= 0.3 is 0 Å². The fraction of sp³-hybridized carbons (Fsp3) is 0.235. The van der Waals surface area contributed by atoms with Gasteiger partial charge in [0, 0.05) is 10.5 Å². The summed E-state index contributed by atoms with van der Waals surface area (Å²) in [6.45, 7) is 0. The summed E-state index contributed by atoms with van der Waals surface area (Å²) in [7, 11) is 4.74. The van der Waals surface area contributed by atoms with Crippen LogP contribution in [-0.2, 0) is 0 Å². The molecule has 116 valence electrons. The summed E-state index contributed by atoms with van der Waals surface area (Å²) >= 11 is 1.45. The molecule has 2 aromatic rings. The normalized spacial score (nSPS) is 10.1. The monoisotopic (exact) mass is 318 g/mol. The molecule has 4 nitrogen and oxygen atoms in total. The van der Waals surface area contributed by atoms with Crippen LogP contribution in [0.25, 0.3) is 0 Å². The lowest BCUT2D eigenvalue weighted by Gasteiger charge is -2.10. The second-order valence-electron chi connectivity index (χ2n) is 4.43. The molecule has 5 heteroatoms. The minimum atomic E-state index is 0.0249. The van der Waals surface area contributed by atoms with E-state index in [9.17, 15) is 4.79 Å². The van der Waals surface area contributed by atoms with E-state index in [4.69, 9.17) is 14.2 Å². The largest absolute Gasteiger partial charge is 0.496 e. The predicted octanol–water partition coefficient (Wildman–Crippen LogP) is 3.69. The highest BCUT2D eigenvalue weighted by Crippen LogP contribution is 2.31. The van der Waals surface area contributed by atoms with Crippen LogP contribution in [0, 0.1) is 0 Å². The molecule has 22 heavy (non-hydrogen) atoms. The topological polar surface area (TPSA) is 44.8 Å². The van der Waals surface area contributed by atoms with Gasteiger partial charge in [0.05, 0.1) is 27.1 Å². The van der Waals surface area contributed by atoms with E-state index in [1.165, 1.54) is 11.8 Å². The molecule has 0 saturated heterocycles. The molecule has 0 heterocycles. The second kappa shape index (κ2) is 7.75. The van der Waals surface area contributed by atoms with Gasteiger partial charge in [0.25, 0.3) is 0 Å². The molecule has 0 aromatic heterocycles. The van der Waals surface area contributed by atoms with Gasteiger partial charge in [-0.1, -0.05) is 12.1 Å². The van der Waals surface area contributed by atoms with Gasteiger partial charge in [0.2, 0.25) is 0 Å². The van der Waals surface area contributed by atoms with Gasteiger partial charge in [-0.2, -0.15) is 0 Å². The average molecular weight is 318 g/mol. The smallest absolute Gasteiger partial charge is 0.173 e. The number of carbonyl (C=O) groups is 1. The number of rotatable bonds is 7. The highest BCUT2D eigenvalue weighted by atomic mass is 32.2. The molecule has 2 aromatic carbocycles. The Kier molecular flexibility index (Phi) is 5.72. The first-order valence-electron chi connectivity index (χ1n) is 6.70. The summed E-state index contributed by atoms with van der Waals surface area (Å²) in [4.78, 5) is 13.3. The van der Waals surface area contributed by atoms with Gasteiger partial charge < -0.3 is 14.2 Å². The van der Waals surface area contributed by atoms with E-state index in [0.29, 0.717) is 22.8 Å². The fourth-order valence-electron chi connectivity index (χ4n) is 1.97. The molecule has 0 saturated carbocycles. The van der Waals surface area contributed by atoms with E-state index < -0.39 is 0 Å². The van der Waals surface area contributed by atoms with Crippen LogP contribution in [0.1, 0.15) is 10.4 Å². The van der Waals surface area contributed by atoms with Crippen molar-refractivity contribution in [2.45, 2.75) is 4.90 Å². The van der Waals surface area contributed by atoms with E-state index in [1.807, 2.05) is 24.3 Å².